The number of hydrogen-bond donors (Lipinski definition) is 1. The largest absolute Gasteiger partial charge is 0.507 e. The second-order valence-corrected chi connectivity index (χ2v) is 22.2. The summed E-state index contributed by atoms with van der Waals surface area (Å²) in [5, 5.41) is 12.6. The van der Waals surface area contributed by atoms with Gasteiger partial charge in [0.1, 0.15) is 11.6 Å². The molecule has 0 atom stereocenters. The quantitative estimate of drug-likeness (QED) is 0.181. The number of pyridine rings is 1. The Bertz CT molecular complexity index is 3370. The molecule has 0 saturated heterocycles. The zero-order valence-corrected chi connectivity index (χ0v) is 40.9. The molecule has 4 nitrogen and oxygen atoms in total. The van der Waals surface area contributed by atoms with Crippen molar-refractivity contribution < 1.29 is 5.11 Å². The number of nitrogens with zero attached hydrogens (tertiary/aromatic N) is 3. The maximum Gasteiger partial charge on any atom is 0.149 e. The maximum absolute atomic E-state index is 12.6. The molecule has 1 N–H and O–H groups in total. The van der Waals surface area contributed by atoms with E-state index in [0.717, 1.165) is 66.9 Å². The van der Waals surface area contributed by atoms with Gasteiger partial charge in [0, 0.05) is 33.9 Å². The van der Waals surface area contributed by atoms with Crippen molar-refractivity contribution in [1.82, 2.24) is 14.5 Å². The number of benzene rings is 7. The van der Waals surface area contributed by atoms with Crippen molar-refractivity contribution in [2.45, 2.75) is 97.8 Å². The summed E-state index contributed by atoms with van der Waals surface area (Å²) in [6.45, 7) is 24.7. The van der Waals surface area contributed by atoms with Crippen LogP contribution in [0.2, 0.25) is 0 Å². The third-order valence-electron chi connectivity index (χ3n) is 14.0. The van der Waals surface area contributed by atoms with Gasteiger partial charge in [-0.1, -0.05) is 179 Å². The van der Waals surface area contributed by atoms with E-state index in [0.29, 0.717) is 11.4 Å². The molecule has 9 aromatic rings. The number of phenolic OH excluding ortho intramolecular Hbond substituents is 1. The Hall–Kier alpha value is -7.04. The van der Waals surface area contributed by atoms with Gasteiger partial charge in [0.25, 0.3) is 0 Å². The van der Waals surface area contributed by atoms with Crippen LogP contribution in [0.5, 0.6) is 5.75 Å². The van der Waals surface area contributed by atoms with Crippen molar-refractivity contribution in [3.63, 3.8) is 0 Å². The minimum atomic E-state index is -0.333. The Kier molecular flexibility index (Phi) is 10.3. The molecule has 0 radical (unpaired) electrons. The van der Waals surface area contributed by atoms with Gasteiger partial charge >= 0.3 is 0 Å². The van der Waals surface area contributed by atoms with E-state index < -0.39 is 0 Å². The average Bonchev–Trinajstić information content (AvgIpc) is 3.80. The molecule has 67 heavy (non-hydrogen) atoms. The third kappa shape index (κ3) is 7.67. The van der Waals surface area contributed by atoms with Crippen molar-refractivity contribution >= 4 is 11.0 Å². The first-order valence-corrected chi connectivity index (χ1v) is 23.7. The lowest BCUT2D eigenvalue weighted by molar-refractivity contribution is 0.446. The van der Waals surface area contributed by atoms with Crippen LogP contribution in [0, 0.1) is 0 Å². The highest BCUT2D eigenvalue weighted by Gasteiger charge is 2.36. The molecular weight excluding hydrogens is 815 g/mol. The first-order chi connectivity index (χ1) is 31.8. The summed E-state index contributed by atoms with van der Waals surface area (Å²) in [6, 6.07) is 57.2. The van der Waals surface area contributed by atoms with Crippen LogP contribution in [0.15, 0.2) is 164 Å². The topological polar surface area (TPSA) is 50.9 Å². The number of fused-ring (bicyclic) bond motifs is 4. The Morgan fingerprint density at radius 1 is 0.463 bits per heavy atom. The molecule has 0 saturated carbocycles. The highest BCUT2D eigenvalue weighted by molar-refractivity contribution is 5.98. The molecule has 0 bridgehead atoms. The molecule has 0 unspecified atom stereocenters. The van der Waals surface area contributed by atoms with Crippen molar-refractivity contribution in [1.29, 1.82) is 0 Å². The van der Waals surface area contributed by atoms with Gasteiger partial charge in [-0.2, -0.15) is 0 Å². The predicted molar refractivity (Wildman–Crippen MR) is 281 cm³/mol. The summed E-state index contributed by atoms with van der Waals surface area (Å²) in [4.78, 5) is 10.5. The van der Waals surface area contributed by atoms with Crippen molar-refractivity contribution in [2.75, 3.05) is 0 Å². The number of imidazole rings is 1. The van der Waals surface area contributed by atoms with Gasteiger partial charge in [0.2, 0.25) is 0 Å². The molecule has 7 aromatic carbocycles. The zero-order valence-electron chi connectivity index (χ0n) is 40.9. The fourth-order valence-corrected chi connectivity index (χ4v) is 10.1. The van der Waals surface area contributed by atoms with Crippen LogP contribution in [-0.2, 0) is 21.7 Å². The Morgan fingerprint density at radius 3 is 1.82 bits per heavy atom. The molecule has 2 aromatic heterocycles. The Morgan fingerprint density at radius 2 is 1.10 bits per heavy atom. The van der Waals surface area contributed by atoms with Gasteiger partial charge < -0.3 is 5.11 Å². The second-order valence-electron chi connectivity index (χ2n) is 22.2. The van der Waals surface area contributed by atoms with Gasteiger partial charge in [-0.25, -0.2) is 4.98 Å². The van der Waals surface area contributed by atoms with E-state index in [1.54, 1.807) is 0 Å². The molecule has 0 spiro atoms. The molecule has 1 aliphatic carbocycles. The fraction of sp³-hybridized carbons (Fsp3) is 0.238. The first-order valence-electron chi connectivity index (χ1n) is 23.7. The number of aromatic nitrogens is 3. The predicted octanol–water partition coefficient (Wildman–Crippen LogP) is 16.7. The van der Waals surface area contributed by atoms with Crippen LogP contribution < -0.4 is 0 Å². The fourth-order valence-electron chi connectivity index (χ4n) is 10.1. The summed E-state index contributed by atoms with van der Waals surface area (Å²) in [5.41, 5.74) is 19.9. The van der Waals surface area contributed by atoms with Gasteiger partial charge in [-0.05, 0) is 126 Å². The summed E-state index contributed by atoms with van der Waals surface area (Å²) < 4.78 is 2.30. The SMILES string of the molecule is CC(C)(C)c1cc(-c2ccccn2)cc(-c2cccc3c2nc(-c2cc(C(C)(C)C)cc(C(C)(C)C)c2O)n3-c2ccc(-c3ccc4c(c3)C(C)(C)c3ccccc3-4)cc2-c2ccccc2)c1. The van der Waals surface area contributed by atoms with Crippen molar-refractivity contribution in [3.05, 3.63) is 192 Å². The minimum Gasteiger partial charge on any atom is -0.507 e. The van der Waals surface area contributed by atoms with E-state index in [1.165, 1.54) is 33.4 Å². The standard InChI is InChI=1S/C63H61N3O/c1-60(2,3)44-33-42(32-43(34-44)54-25-17-18-31-64-54)46-23-19-26-56-57(46)65-59(50-37-45(61(4,5)6)38-53(58(50)67)62(7,8)9)66(56)55-30-28-40(35-49(55)39-20-13-12-14-21-39)41-27-29-48-47-22-15-16-24-51(47)63(10,11)52(48)36-41/h12-38,67H,1-11H3. The highest BCUT2D eigenvalue weighted by Crippen LogP contribution is 2.51. The normalized spacial score (nSPS) is 13.5. The molecule has 2 heterocycles. The number of rotatable bonds is 6. The van der Waals surface area contributed by atoms with E-state index in [9.17, 15) is 5.11 Å². The summed E-state index contributed by atoms with van der Waals surface area (Å²) in [7, 11) is 0. The lowest BCUT2D eigenvalue weighted by Gasteiger charge is -2.27. The number of para-hydroxylation sites is 1. The van der Waals surface area contributed by atoms with E-state index in [-0.39, 0.29) is 27.4 Å². The second kappa shape index (κ2) is 15.8. The van der Waals surface area contributed by atoms with Gasteiger partial charge in [0.15, 0.2) is 0 Å². The minimum absolute atomic E-state index is 0.118. The molecular formula is C63H61N3O. The van der Waals surface area contributed by atoms with Crippen LogP contribution in [0.3, 0.4) is 0 Å². The first kappa shape index (κ1) is 43.8. The number of aromatic hydroxyl groups is 1. The number of phenols is 1. The molecule has 0 aliphatic heterocycles. The molecule has 10 rings (SSSR count). The summed E-state index contributed by atoms with van der Waals surface area (Å²) >= 11 is 0. The molecule has 334 valence electrons. The molecule has 0 fully saturated rings. The van der Waals surface area contributed by atoms with Crippen LogP contribution in [0.25, 0.3) is 83.9 Å². The smallest absolute Gasteiger partial charge is 0.149 e. The van der Waals surface area contributed by atoms with Gasteiger partial charge in [-0.3, -0.25) is 9.55 Å². The third-order valence-corrected chi connectivity index (χ3v) is 14.0. The van der Waals surface area contributed by atoms with Crippen LogP contribution in [0.1, 0.15) is 104 Å². The van der Waals surface area contributed by atoms with Crippen molar-refractivity contribution in [2.24, 2.45) is 0 Å². The summed E-state index contributed by atoms with van der Waals surface area (Å²) in [5.74, 6) is 0.945. The van der Waals surface area contributed by atoms with E-state index in [2.05, 4.69) is 226 Å². The maximum atomic E-state index is 12.6. The lowest BCUT2D eigenvalue weighted by Crippen LogP contribution is -2.17. The van der Waals surface area contributed by atoms with Crippen LogP contribution in [-0.4, -0.2) is 19.6 Å². The summed E-state index contributed by atoms with van der Waals surface area (Å²) in [6.07, 6.45) is 1.86. The lowest BCUT2D eigenvalue weighted by atomic mass is 9.79. The molecule has 0 amide bonds. The zero-order chi connectivity index (χ0) is 47.2. The molecule has 4 heteroatoms. The van der Waals surface area contributed by atoms with Crippen LogP contribution in [0.4, 0.5) is 0 Å². The Labute approximate surface area is 397 Å². The van der Waals surface area contributed by atoms with E-state index >= 15 is 0 Å². The number of hydrogen-bond acceptors (Lipinski definition) is 3. The van der Waals surface area contributed by atoms with E-state index in [4.69, 9.17) is 9.97 Å². The average molecular weight is 876 g/mol. The van der Waals surface area contributed by atoms with Crippen molar-refractivity contribution in [3.8, 4) is 78.6 Å². The highest BCUT2D eigenvalue weighted by atomic mass is 16.3. The van der Waals surface area contributed by atoms with Crippen LogP contribution >= 0.6 is 0 Å². The van der Waals surface area contributed by atoms with Gasteiger partial charge in [0.05, 0.1) is 28.0 Å². The molecule has 1 aliphatic rings. The Balaban J connectivity index is 1.27. The monoisotopic (exact) mass is 875 g/mol. The van der Waals surface area contributed by atoms with Gasteiger partial charge in [-0.15, -0.1) is 0 Å². The van der Waals surface area contributed by atoms with E-state index in [1.807, 2.05) is 18.3 Å².